The van der Waals surface area contributed by atoms with Crippen molar-refractivity contribution in [1.82, 2.24) is 9.97 Å². The fraction of sp³-hybridized carbons (Fsp3) is 0.100. The molecule has 0 aliphatic rings. The van der Waals surface area contributed by atoms with E-state index in [2.05, 4.69) is 9.97 Å². The van der Waals surface area contributed by atoms with Crippen LogP contribution in [0, 0.1) is 6.92 Å². The van der Waals surface area contributed by atoms with Crippen molar-refractivity contribution in [2.24, 2.45) is 0 Å². The Morgan fingerprint density at radius 2 is 1.52 bits per heavy atom. The number of benzene rings is 2. The van der Waals surface area contributed by atoms with Crippen LogP contribution in [0.25, 0.3) is 0 Å². The van der Waals surface area contributed by atoms with Crippen molar-refractivity contribution in [2.45, 2.75) is 13.0 Å². The van der Waals surface area contributed by atoms with E-state index in [0.717, 1.165) is 0 Å². The van der Waals surface area contributed by atoms with E-state index in [1.807, 2.05) is 12.1 Å². The topological polar surface area (TPSA) is 69.2 Å². The van der Waals surface area contributed by atoms with Crippen molar-refractivity contribution in [2.75, 3.05) is 0 Å². The number of rotatable bonds is 5. The van der Waals surface area contributed by atoms with Gasteiger partial charge >= 0.3 is 5.97 Å². The molecular weight excluding hydrogens is 316 g/mol. The number of aryl methyl sites for hydroxylation is 1. The zero-order valence-electron chi connectivity index (χ0n) is 13.6. The minimum Gasteiger partial charge on any atom is -0.444 e. The first-order valence-electron chi connectivity index (χ1n) is 7.79. The molecule has 0 N–H and O–H groups in total. The van der Waals surface area contributed by atoms with Gasteiger partial charge in [-0.25, -0.2) is 9.78 Å². The number of ketones is 1. The van der Waals surface area contributed by atoms with E-state index in [0.29, 0.717) is 16.8 Å². The number of carbonyl (C=O) groups is 2. The summed E-state index contributed by atoms with van der Waals surface area (Å²) in [6.07, 6.45) is 1.78. The Balaban J connectivity index is 1.90. The van der Waals surface area contributed by atoms with Gasteiger partial charge in [0.15, 0.2) is 11.8 Å². The molecule has 0 amide bonds. The molecule has 5 heteroatoms. The van der Waals surface area contributed by atoms with Crippen molar-refractivity contribution in [3.8, 4) is 0 Å². The molecule has 0 fully saturated rings. The lowest BCUT2D eigenvalue weighted by molar-refractivity contribution is 0.0274. The van der Waals surface area contributed by atoms with E-state index >= 15 is 0 Å². The van der Waals surface area contributed by atoms with Gasteiger partial charge in [-0.15, -0.1) is 0 Å². The highest BCUT2D eigenvalue weighted by Crippen LogP contribution is 2.23. The Morgan fingerprint density at radius 3 is 2.12 bits per heavy atom. The normalized spacial score (nSPS) is 11.6. The van der Waals surface area contributed by atoms with E-state index in [1.165, 1.54) is 12.4 Å². The lowest BCUT2D eigenvalue weighted by atomic mass is 10.00. The molecule has 3 rings (SSSR count). The highest BCUT2D eigenvalue weighted by atomic mass is 16.5. The summed E-state index contributed by atoms with van der Waals surface area (Å²) >= 11 is 0. The Morgan fingerprint density at radius 1 is 0.880 bits per heavy atom. The number of carbonyl (C=O) groups excluding carboxylic acids is 2. The third kappa shape index (κ3) is 3.95. The van der Waals surface area contributed by atoms with Gasteiger partial charge in [-0.3, -0.25) is 9.78 Å². The van der Waals surface area contributed by atoms with E-state index in [4.69, 9.17) is 4.74 Å². The molecule has 0 spiro atoms. The average molecular weight is 332 g/mol. The molecule has 0 bridgehead atoms. The van der Waals surface area contributed by atoms with Crippen LogP contribution in [0.15, 0.2) is 73.1 Å². The fourth-order valence-electron chi connectivity index (χ4n) is 2.32. The monoisotopic (exact) mass is 332 g/mol. The molecule has 0 aliphatic carbocycles. The predicted octanol–water partition coefficient (Wildman–Crippen LogP) is 3.57. The maximum Gasteiger partial charge on any atom is 0.359 e. The molecule has 0 aliphatic heterocycles. The van der Waals surface area contributed by atoms with Crippen LogP contribution in [-0.4, -0.2) is 21.7 Å². The van der Waals surface area contributed by atoms with Crippen molar-refractivity contribution < 1.29 is 14.3 Å². The molecule has 0 saturated carbocycles. The van der Waals surface area contributed by atoms with Crippen LogP contribution in [-0.2, 0) is 4.74 Å². The Hall–Kier alpha value is -3.34. The molecule has 0 saturated heterocycles. The minimum atomic E-state index is -1.04. The average Bonchev–Trinajstić information content (AvgIpc) is 2.67. The van der Waals surface area contributed by atoms with Crippen LogP contribution in [0.2, 0.25) is 0 Å². The fourth-order valence-corrected chi connectivity index (χ4v) is 2.32. The largest absolute Gasteiger partial charge is 0.444 e. The summed E-state index contributed by atoms with van der Waals surface area (Å²) in [4.78, 5) is 33.3. The van der Waals surface area contributed by atoms with Crippen LogP contribution in [0.1, 0.15) is 38.2 Å². The molecule has 25 heavy (non-hydrogen) atoms. The molecule has 124 valence electrons. The van der Waals surface area contributed by atoms with Gasteiger partial charge < -0.3 is 4.74 Å². The SMILES string of the molecule is Cc1cnc(C(=O)O[C@@H](C(=O)c2ccccc2)c2ccccc2)cn1. The molecule has 1 atom stereocenters. The second-order valence-electron chi connectivity index (χ2n) is 5.47. The van der Waals surface area contributed by atoms with Crippen molar-refractivity contribution in [1.29, 1.82) is 0 Å². The van der Waals surface area contributed by atoms with Crippen molar-refractivity contribution in [3.05, 3.63) is 95.6 Å². The lowest BCUT2D eigenvalue weighted by Gasteiger charge is -2.17. The standard InChI is InChI=1S/C20H16N2O3/c1-14-12-22-17(13-21-14)20(24)25-19(16-10-6-3-7-11-16)18(23)15-8-4-2-5-9-15/h2-13,19H,1H3/t19-/m1/s1. The molecule has 1 aromatic heterocycles. The van der Waals surface area contributed by atoms with Gasteiger partial charge in [0.2, 0.25) is 5.78 Å². The quantitative estimate of drug-likeness (QED) is 0.528. The van der Waals surface area contributed by atoms with Crippen LogP contribution in [0.5, 0.6) is 0 Å². The molecule has 5 nitrogen and oxygen atoms in total. The minimum absolute atomic E-state index is 0.0624. The van der Waals surface area contributed by atoms with E-state index in [9.17, 15) is 9.59 Å². The first-order valence-corrected chi connectivity index (χ1v) is 7.79. The third-order valence-electron chi connectivity index (χ3n) is 3.61. The third-order valence-corrected chi connectivity index (χ3v) is 3.61. The zero-order valence-corrected chi connectivity index (χ0v) is 13.6. The van der Waals surface area contributed by atoms with Gasteiger partial charge in [0.1, 0.15) is 0 Å². The van der Waals surface area contributed by atoms with Gasteiger partial charge in [0, 0.05) is 17.3 Å². The summed E-state index contributed by atoms with van der Waals surface area (Å²) in [7, 11) is 0. The van der Waals surface area contributed by atoms with Crippen LogP contribution in [0.3, 0.4) is 0 Å². The Labute approximate surface area is 145 Å². The number of nitrogens with zero attached hydrogens (tertiary/aromatic N) is 2. The molecule has 3 aromatic rings. The van der Waals surface area contributed by atoms with Gasteiger partial charge in [-0.05, 0) is 6.92 Å². The van der Waals surface area contributed by atoms with Crippen LogP contribution in [0.4, 0.5) is 0 Å². The molecule has 0 unspecified atom stereocenters. The van der Waals surface area contributed by atoms with Gasteiger partial charge in [-0.2, -0.15) is 0 Å². The highest BCUT2D eigenvalue weighted by molar-refractivity contribution is 6.01. The van der Waals surface area contributed by atoms with Crippen molar-refractivity contribution >= 4 is 11.8 Å². The van der Waals surface area contributed by atoms with Crippen molar-refractivity contribution in [3.63, 3.8) is 0 Å². The number of ether oxygens (including phenoxy) is 1. The molecular formula is C20H16N2O3. The smallest absolute Gasteiger partial charge is 0.359 e. The highest BCUT2D eigenvalue weighted by Gasteiger charge is 2.27. The maximum absolute atomic E-state index is 12.9. The zero-order chi connectivity index (χ0) is 17.6. The van der Waals surface area contributed by atoms with Gasteiger partial charge in [0.05, 0.1) is 11.9 Å². The molecule has 0 radical (unpaired) electrons. The predicted molar refractivity (Wildman–Crippen MR) is 92.1 cm³/mol. The second-order valence-corrected chi connectivity index (χ2v) is 5.47. The van der Waals surface area contributed by atoms with Crippen LogP contribution < -0.4 is 0 Å². The van der Waals surface area contributed by atoms with Gasteiger partial charge in [0.25, 0.3) is 0 Å². The number of hydrogen-bond donors (Lipinski definition) is 0. The first kappa shape index (κ1) is 16.5. The molecule has 2 aromatic carbocycles. The lowest BCUT2D eigenvalue weighted by Crippen LogP contribution is -2.21. The summed E-state index contributed by atoms with van der Waals surface area (Å²) in [6, 6.07) is 17.7. The maximum atomic E-state index is 12.9. The first-order chi connectivity index (χ1) is 12.1. The Bertz CT molecular complexity index is 862. The summed E-state index contributed by atoms with van der Waals surface area (Å²) in [5.41, 5.74) is 1.83. The summed E-state index contributed by atoms with van der Waals surface area (Å²) in [5, 5.41) is 0. The van der Waals surface area contributed by atoms with Gasteiger partial charge in [-0.1, -0.05) is 60.7 Å². The van der Waals surface area contributed by atoms with Crippen LogP contribution >= 0.6 is 0 Å². The molecule has 1 heterocycles. The summed E-state index contributed by atoms with van der Waals surface area (Å²) in [6.45, 7) is 1.77. The summed E-state index contributed by atoms with van der Waals surface area (Å²) in [5.74, 6) is -0.981. The number of aromatic nitrogens is 2. The van der Waals surface area contributed by atoms with E-state index in [-0.39, 0.29) is 11.5 Å². The number of hydrogen-bond acceptors (Lipinski definition) is 5. The second kappa shape index (κ2) is 7.49. The Kier molecular flexibility index (Phi) is 4.95. The summed E-state index contributed by atoms with van der Waals surface area (Å²) < 4.78 is 5.49. The van der Waals surface area contributed by atoms with E-state index in [1.54, 1.807) is 55.5 Å². The number of esters is 1. The van der Waals surface area contributed by atoms with E-state index < -0.39 is 12.1 Å². The number of Topliss-reactive ketones (excluding diaryl/α,β-unsaturated/α-hetero) is 1.